The topological polar surface area (TPSA) is 92.9 Å². The third-order valence-corrected chi connectivity index (χ3v) is 4.11. The molecule has 0 radical (unpaired) electrons. The van der Waals surface area contributed by atoms with E-state index >= 15 is 0 Å². The van der Waals surface area contributed by atoms with Gasteiger partial charge in [0, 0.05) is 26.2 Å². The van der Waals surface area contributed by atoms with Crippen molar-refractivity contribution >= 4 is 10.0 Å². The average Bonchev–Trinajstić information content (AvgIpc) is 2.43. The van der Waals surface area contributed by atoms with Crippen molar-refractivity contribution < 1.29 is 18.3 Å². The number of sulfonamides is 1. The number of rotatable bonds is 3. The SMILES string of the molecule is CO[C@H]1CN(S(C)(=O)=O)C[C@@]1(O)[C@H](C)N. The van der Waals surface area contributed by atoms with Gasteiger partial charge in [-0.1, -0.05) is 0 Å². The highest BCUT2D eigenvalue weighted by Crippen LogP contribution is 2.28. The van der Waals surface area contributed by atoms with E-state index in [0.717, 1.165) is 6.26 Å². The van der Waals surface area contributed by atoms with Crippen LogP contribution in [0.15, 0.2) is 0 Å². The zero-order valence-corrected chi connectivity index (χ0v) is 9.99. The zero-order valence-electron chi connectivity index (χ0n) is 9.17. The van der Waals surface area contributed by atoms with Crippen LogP contribution in [0.25, 0.3) is 0 Å². The van der Waals surface area contributed by atoms with Gasteiger partial charge in [-0.3, -0.25) is 0 Å². The summed E-state index contributed by atoms with van der Waals surface area (Å²) < 4.78 is 28.9. The first-order valence-electron chi connectivity index (χ1n) is 4.67. The van der Waals surface area contributed by atoms with E-state index in [0.29, 0.717) is 0 Å². The van der Waals surface area contributed by atoms with Crippen LogP contribution in [0.1, 0.15) is 6.92 Å². The highest BCUT2D eigenvalue weighted by atomic mass is 32.2. The summed E-state index contributed by atoms with van der Waals surface area (Å²) >= 11 is 0. The third kappa shape index (κ3) is 2.31. The zero-order chi connectivity index (χ0) is 11.9. The molecular formula is C8H18N2O4S. The number of hydrogen-bond donors (Lipinski definition) is 2. The summed E-state index contributed by atoms with van der Waals surface area (Å²) in [6.45, 7) is 1.77. The molecule has 7 heteroatoms. The van der Waals surface area contributed by atoms with Crippen LogP contribution in [0, 0.1) is 0 Å². The maximum absolute atomic E-state index is 11.3. The summed E-state index contributed by atoms with van der Waals surface area (Å²) in [5.41, 5.74) is 4.34. The molecule has 1 rings (SSSR count). The van der Waals surface area contributed by atoms with Crippen LogP contribution in [0.2, 0.25) is 0 Å². The molecule has 3 N–H and O–H groups in total. The summed E-state index contributed by atoms with van der Waals surface area (Å²) in [7, 11) is -1.88. The van der Waals surface area contributed by atoms with E-state index < -0.39 is 27.8 Å². The Morgan fingerprint density at radius 2 is 2.20 bits per heavy atom. The van der Waals surface area contributed by atoms with Crippen molar-refractivity contribution in [3.8, 4) is 0 Å². The van der Waals surface area contributed by atoms with Crippen molar-refractivity contribution in [3.63, 3.8) is 0 Å². The van der Waals surface area contributed by atoms with Gasteiger partial charge in [-0.25, -0.2) is 8.42 Å². The van der Waals surface area contributed by atoms with Gasteiger partial charge in [0.2, 0.25) is 10.0 Å². The third-order valence-electron chi connectivity index (χ3n) is 2.90. The van der Waals surface area contributed by atoms with E-state index in [1.807, 2.05) is 0 Å². The van der Waals surface area contributed by atoms with E-state index in [-0.39, 0.29) is 13.1 Å². The van der Waals surface area contributed by atoms with Gasteiger partial charge >= 0.3 is 0 Å². The van der Waals surface area contributed by atoms with Gasteiger partial charge in [0.05, 0.1) is 6.26 Å². The lowest BCUT2D eigenvalue weighted by atomic mass is 9.93. The summed E-state index contributed by atoms with van der Waals surface area (Å²) in [6.07, 6.45) is 0.527. The fourth-order valence-corrected chi connectivity index (χ4v) is 2.61. The second-order valence-electron chi connectivity index (χ2n) is 4.06. The number of nitrogens with two attached hydrogens (primary N) is 1. The smallest absolute Gasteiger partial charge is 0.211 e. The molecule has 3 atom stereocenters. The average molecular weight is 238 g/mol. The molecule has 1 aliphatic heterocycles. The number of ether oxygens (including phenoxy) is 1. The minimum absolute atomic E-state index is 0.0119. The Balaban J connectivity index is 2.94. The first kappa shape index (κ1) is 12.9. The molecule has 1 fully saturated rings. The largest absolute Gasteiger partial charge is 0.384 e. The number of hydrogen-bond acceptors (Lipinski definition) is 5. The Kier molecular flexibility index (Phi) is 3.42. The molecule has 0 unspecified atom stereocenters. The maximum Gasteiger partial charge on any atom is 0.211 e. The van der Waals surface area contributed by atoms with Gasteiger partial charge < -0.3 is 15.6 Å². The number of β-amino-alcohol motifs (C(OH)–C–C–N with tert-alkyl or cyclic N) is 1. The lowest BCUT2D eigenvalue weighted by Gasteiger charge is -2.31. The highest BCUT2D eigenvalue weighted by molar-refractivity contribution is 7.88. The molecule has 0 bridgehead atoms. The summed E-state index contributed by atoms with van der Waals surface area (Å²) in [5, 5.41) is 10.2. The van der Waals surface area contributed by atoms with Crippen molar-refractivity contribution in [2.75, 3.05) is 26.5 Å². The summed E-state index contributed by atoms with van der Waals surface area (Å²) in [5.74, 6) is 0. The van der Waals surface area contributed by atoms with Crippen molar-refractivity contribution in [1.82, 2.24) is 4.31 Å². The molecule has 15 heavy (non-hydrogen) atoms. The lowest BCUT2D eigenvalue weighted by molar-refractivity contribution is -0.0722. The maximum atomic E-state index is 11.3. The second kappa shape index (κ2) is 3.99. The van der Waals surface area contributed by atoms with Gasteiger partial charge in [0.15, 0.2) is 0 Å². The minimum atomic E-state index is -3.31. The van der Waals surface area contributed by atoms with Crippen LogP contribution in [0.5, 0.6) is 0 Å². The molecule has 0 spiro atoms. The molecule has 1 saturated heterocycles. The van der Waals surface area contributed by atoms with Gasteiger partial charge in [-0.05, 0) is 6.92 Å². The predicted octanol–water partition coefficient (Wildman–Crippen LogP) is -1.65. The monoisotopic (exact) mass is 238 g/mol. The first-order valence-corrected chi connectivity index (χ1v) is 6.52. The Morgan fingerprint density at radius 1 is 1.67 bits per heavy atom. The summed E-state index contributed by atoms with van der Waals surface area (Å²) in [6, 6.07) is -0.547. The Morgan fingerprint density at radius 3 is 2.47 bits per heavy atom. The van der Waals surface area contributed by atoms with Crippen LogP contribution in [-0.2, 0) is 14.8 Å². The van der Waals surface area contributed by atoms with Gasteiger partial charge in [0.1, 0.15) is 11.7 Å². The number of nitrogens with zero attached hydrogens (tertiary/aromatic N) is 1. The normalized spacial score (nSPS) is 35.7. The fourth-order valence-electron chi connectivity index (χ4n) is 1.76. The molecule has 1 heterocycles. The van der Waals surface area contributed by atoms with Gasteiger partial charge in [0.25, 0.3) is 0 Å². The Labute approximate surface area is 90.1 Å². The van der Waals surface area contributed by atoms with E-state index in [9.17, 15) is 13.5 Å². The van der Waals surface area contributed by atoms with E-state index in [1.54, 1.807) is 6.92 Å². The second-order valence-corrected chi connectivity index (χ2v) is 6.04. The lowest BCUT2D eigenvalue weighted by Crippen LogP contribution is -2.55. The van der Waals surface area contributed by atoms with Gasteiger partial charge in [-0.2, -0.15) is 4.31 Å². The van der Waals surface area contributed by atoms with E-state index in [1.165, 1.54) is 11.4 Å². The first-order chi connectivity index (χ1) is 6.71. The molecule has 1 aliphatic rings. The number of methoxy groups -OCH3 is 1. The van der Waals surface area contributed by atoms with Crippen LogP contribution < -0.4 is 5.73 Å². The molecular weight excluding hydrogens is 220 g/mol. The minimum Gasteiger partial charge on any atom is -0.384 e. The van der Waals surface area contributed by atoms with Gasteiger partial charge in [-0.15, -0.1) is 0 Å². The van der Waals surface area contributed by atoms with Crippen molar-refractivity contribution in [2.45, 2.75) is 24.7 Å². The molecule has 0 aromatic rings. The molecule has 0 saturated carbocycles. The summed E-state index contributed by atoms with van der Waals surface area (Å²) in [4.78, 5) is 0. The quantitative estimate of drug-likeness (QED) is 0.615. The standard InChI is InChI=1S/C8H18N2O4S/c1-6(9)8(11)5-10(15(3,12)13)4-7(8)14-2/h6-7,11H,4-5,9H2,1-3H3/t6-,7-,8+/m0/s1. The van der Waals surface area contributed by atoms with Crippen LogP contribution >= 0.6 is 0 Å². The van der Waals surface area contributed by atoms with Crippen molar-refractivity contribution in [1.29, 1.82) is 0 Å². The fraction of sp³-hybridized carbons (Fsp3) is 1.00. The molecule has 0 aromatic carbocycles. The highest BCUT2D eigenvalue weighted by Gasteiger charge is 2.50. The molecule has 6 nitrogen and oxygen atoms in total. The Hall–Kier alpha value is -0.210. The van der Waals surface area contributed by atoms with Crippen LogP contribution in [0.4, 0.5) is 0 Å². The van der Waals surface area contributed by atoms with E-state index in [2.05, 4.69) is 0 Å². The van der Waals surface area contributed by atoms with Crippen molar-refractivity contribution in [2.24, 2.45) is 5.73 Å². The molecule has 0 amide bonds. The molecule has 0 aromatic heterocycles. The van der Waals surface area contributed by atoms with Crippen LogP contribution in [-0.4, -0.2) is 62.0 Å². The van der Waals surface area contributed by atoms with E-state index in [4.69, 9.17) is 10.5 Å². The predicted molar refractivity (Wildman–Crippen MR) is 55.8 cm³/mol. The van der Waals surface area contributed by atoms with Crippen LogP contribution in [0.3, 0.4) is 0 Å². The Bertz CT molecular complexity index is 330. The molecule has 0 aliphatic carbocycles. The van der Waals surface area contributed by atoms with Crippen molar-refractivity contribution in [3.05, 3.63) is 0 Å². The molecule has 90 valence electrons. The number of aliphatic hydroxyl groups is 1.